The molecular weight excluding hydrogens is 1160 g/mol. The van der Waals surface area contributed by atoms with Crippen molar-refractivity contribution in [1.29, 1.82) is 0 Å². The summed E-state index contributed by atoms with van der Waals surface area (Å²) < 4.78 is 57.3. The molecule has 12 rings (SSSR count). The van der Waals surface area contributed by atoms with E-state index in [1.807, 2.05) is 83.3 Å². The Hall–Kier alpha value is -4.87. The second-order valence-electron chi connectivity index (χ2n) is 29.0. The molecule has 9 heterocycles. The number of aliphatic imine (C=N–C) groups is 9. The monoisotopic (exact) mass is 1240 g/mol. The van der Waals surface area contributed by atoms with Crippen molar-refractivity contribution in [3.05, 3.63) is 86.5 Å². The molecule has 0 radical (unpaired) electrons. The van der Waals surface area contributed by atoms with Gasteiger partial charge in [-0.1, -0.05) is 0 Å². The van der Waals surface area contributed by atoms with Crippen LogP contribution in [0, 0.1) is 0 Å². The van der Waals surface area contributed by atoms with Gasteiger partial charge in [0.15, 0.2) is 0 Å². The largest absolute Gasteiger partial charge is 0.907 e. The molecular formula is C63H78BMg3N9O12. The van der Waals surface area contributed by atoms with Gasteiger partial charge in [0.05, 0.1) is 0 Å². The van der Waals surface area contributed by atoms with Crippen LogP contribution < -0.4 is 26.2 Å². The maximum atomic E-state index is 8.42. The molecule has 0 bridgehead atoms. The van der Waals surface area contributed by atoms with E-state index in [0.717, 1.165) is 61.1 Å². The maximum absolute atomic E-state index is 8.42. The van der Waals surface area contributed by atoms with Crippen LogP contribution in [0.3, 0.4) is 0 Å². The summed E-state index contributed by atoms with van der Waals surface area (Å²) in [5.41, 5.74) is 5.69. The predicted octanol–water partition coefficient (Wildman–Crippen LogP) is 2.49. The van der Waals surface area contributed by atoms with Crippen molar-refractivity contribution in [1.82, 2.24) is 0 Å². The van der Waals surface area contributed by atoms with Gasteiger partial charge in [-0.3, -0.25) is 7.32 Å². The topological polar surface area (TPSA) is 263 Å². The van der Waals surface area contributed by atoms with E-state index in [9.17, 15) is 0 Å². The van der Waals surface area contributed by atoms with E-state index in [2.05, 4.69) is 143 Å². The van der Waals surface area contributed by atoms with Crippen LogP contribution in [0.2, 0.25) is 0 Å². The summed E-state index contributed by atoms with van der Waals surface area (Å²) in [4.78, 5) is 43.4. The minimum absolute atomic E-state index is 0.250. The van der Waals surface area contributed by atoms with Gasteiger partial charge in [-0.15, -0.1) is 0 Å². The molecule has 0 N–H and O–H groups in total. The van der Waals surface area contributed by atoms with Crippen molar-refractivity contribution in [3.63, 3.8) is 0 Å². The number of hydrogen-bond donors (Lipinski definition) is 0. The second-order valence-corrected chi connectivity index (χ2v) is 31.3. The van der Waals surface area contributed by atoms with Crippen molar-refractivity contribution in [2.24, 2.45) is 44.9 Å². The molecule has 88 heavy (non-hydrogen) atoms. The fourth-order valence-electron chi connectivity index (χ4n) is 10.3. The van der Waals surface area contributed by atoms with E-state index >= 15 is 0 Å². The maximum Gasteiger partial charge on any atom is -0.278 e. The third-order valence-corrected chi connectivity index (χ3v) is 16.3. The fourth-order valence-corrected chi connectivity index (χ4v) is 11.7. The molecule has 0 aromatic heterocycles. The minimum Gasteiger partial charge on any atom is -0.907 e. The zero-order chi connectivity index (χ0) is 64.5. The third-order valence-electron chi connectivity index (χ3n) is 14.5. The summed E-state index contributed by atoms with van der Waals surface area (Å²) in [6, 6.07) is 12.3. The number of benzene rings is 3. The minimum atomic E-state index is -2.92. The van der Waals surface area contributed by atoms with E-state index in [1.54, 1.807) is 0 Å². The van der Waals surface area contributed by atoms with E-state index in [1.165, 1.54) is 0 Å². The molecule has 9 aliphatic heterocycles. The van der Waals surface area contributed by atoms with Gasteiger partial charge in [-0.05, 0) is 0 Å². The average Bonchev–Trinajstić information content (AvgIpc) is 1.84. The van der Waals surface area contributed by atoms with Gasteiger partial charge in [-0.2, -0.15) is 0 Å². The normalized spacial score (nSPS) is 23.3. The van der Waals surface area contributed by atoms with Crippen molar-refractivity contribution in [2.75, 3.05) is 59.5 Å². The fraction of sp³-hybridized carbons (Fsp3) is 0.571. The zero-order valence-electron chi connectivity index (χ0n) is 54.5. The van der Waals surface area contributed by atoms with Crippen molar-refractivity contribution in [2.45, 2.75) is 174 Å². The first-order valence-electron chi connectivity index (χ1n) is 29.6. The first-order valence-corrected chi connectivity index (χ1v) is 31.8. The molecule has 25 heteroatoms. The first kappa shape index (κ1) is 67.5. The molecule has 0 spiro atoms. The number of nitrogens with zero attached hydrogens (tertiary/aromatic N) is 9. The molecule has 0 aliphatic carbocycles. The van der Waals surface area contributed by atoms with E-state index in [0.29, 0.717) is 113 Å². The van der Waals surface area contributed by atoms with Crippen LogP contribution in [0.5, 0.6) is 0 Å². The molecule has 456 valence electrons. The van der Waals surface area contributed by atoms with Gasteiger partial charge < -0.3 is 15.1 Å². The molecule has 0 unspecified atom stereocenters. The van der Waals surface area contributed by atoms with Crippen molar-refractivity contribution >= 4 is 137 Å². The van der Waals surface area contributed by atoms with E-state index in [-0.39, 0.29) is 49.9 Å². The Morgan fingerprint density at radius 2 is 0.398 bits per heavy atom. The van der Waals surface area contributed by atoms with Crippen LogP contribution in [0.1, 0.15) is 175 Å². The summed E-state index contributed by atoms with van der Waals surface area (Å²) in [5, 5.41) is 25.2. The number of rotatable bonds is 9. The van der Waals surface area contributed by atoms with E-state index in [4.69, 9.17) is 103 Å². The third kappa shape index (κ3) is 15.9. The Bertz CT molecular complexity index is 3220. The molecule has 0 atom stereocenters. The molecule has 0 saturated heterocycles. The molecule has 3 aromatic carbocycles. The van der Waals surface area contributed by atoms with Crippen molar-refractivity contribution in [3.8, 4) is 0 Å². The Labute approximate surface area is 555 Å². The zero-order valence-corrected chi connectivity index (χ0v) is 58.7. The molecule has 0 amide bonds. The number of hydrogen-bond acceptors (Lipinski definition) is 21. The van der Waals surface area contributed by atoms with Gasteiger partial charge in [0, 0.05) is 0 Å². The van der Waals surface area contributed by atoms with Gasteiger partial charge in [-0.25, -0.2) is 0 Å². The van der Waals surface area contributed by atoms with Crippen LogP contribution in [-0.4, -0.2) is 235 Å². The average molecular weight is 1240 g/mol. The van der Waals surface area contributed by atoms with Gasteiger partial charge >= 0.3 is 537 Å². The Morgan fingerprint density at radius 3 is 0.534 bits per heavy atom. The Morgan fingerprint density at radius 1 is 0.261 bits per heavy atom. The molecule has 3 aromatic rings. The van der Waals surface area contributed by atoms with Gasteiger partial charge in [0.1, 0.15) is 0 Å². The SMILES string of the molecule is CC1(C)COC(c2cc[c]([Mg+])c(C3=NC(C)(C)CO3)c2C2=NC(C)(C)CO2)=N1.CC1(C)COC(c2cc[c]([Mg+])c(C3=NC(C)(C)CO3)c2C2=NC(C)(C)CO2)=N1.CC1(C)COC(c2cc[c]([Mg+])c(C3=NC(C)(C)CO3)c2C2=NC(C)(C)CO2)=N1.[O-]B([O-])[O-]. The molecule has 9 aliphatic rings. The standard InChI is InChI=1S/3C21H26N3O3.BO3.3Mg/c3*1-19(2)10-25-16(22-19)13-8-7-9-14(17-23-20(3,4)11-26-17)15(13)18-24-21(5,6)12-27-18;2-1(3)4;;;/h3*7-8H,10-12H2,1-6H3;;;;/q;;;-3;3*+1. The molecule has 0 fully saturated rings. The second kappa shape index (κ2) is 24.6. The van der Waals surface area contributed by atoms with Crippen LogP contribution in [0.15, 0.2) is 81.3 Å². The van der Waals surface area contributed by atoms with Crippen LogP contribution >= 0.6 is 0 Å². The summed E-state index contributed by atoms with van der Waals surface area (Å²) in [6.45, 7) is 42.1. The van der Waals surface area contributed by atoms with Crippen molar-refractivity contribution < 1.29 is 57.7 Å². The Kier molecular flexibility index (Phi) is 18.9. The summed E-state index contributed by atoms with van der Waals surface area (Å²) in [5.74, 6) is 5.61. The number of ether oxygens (including phenoxy) is 9. The summed E-state index contributed by atoms with van der Waals surface area (Å²) in [6.07, 6.45) is 0. The first-order chi connectivity index (χ1) is 40.6. The van der Waals surface area contributed by atoms with Crippen LogP contribution in [0.4, 0.5) is 0 Å². The summed E-state index contributed by atoms with van der Waals surface area (Å²) >= 11 is 5.45. The molecule has 21 nitrogen and oxygen atoms in total. The van der Waals surface area contributed by atoms with Crippen LogP contribution in [-0.2, 0) is 42.6 Å². The Balaban J connectivity index is 0.000000152. The predicted molar refractivity (Wildman–Crippen MR) is 340 cm³/mol. The molecule has 0 saturated carbocycles. The van der Waals surface area contributed by atoms with Crippen LogP contribution in [0.25, 0.3) is 0 Å². The smallest absolute Gasteiger partial charge is 0.278 e. The summed E-state index contributed by atoms with van der Waals surface area (Å²) in [7, 11) is -2.92. The quantitative estimate of drug-likeness (QED) is 0.280. The van der Waals surface area contributed by atoms with Gasteiger partial charge in [0.2, 0.25) is 0 Å². The van der Waals surface area contributed by atoms with E-state index < -0.39 is 7.32 Å². The van der Waals surface area contributed by atoms with Gasteiger partial charge in [0.25, 0.3) is 0 Å².